The van der Waals surface area contributed by atoms with Crippen LogP contribution >= 0.6 is 0 Å². The van der Waals surface area contributed by atoms with Crippen LogP contribution < -0.4 is 0 Å². The van der Waals surface area contributed by atoms with Gasteiger partial charge in [-0.3, -0.25) is 4.90 Å². The predicted octanol–water partition coefficient (Wildman–Crippen LogP) is 6.84. The van der Waals surface area contributed by atoms with Crippen LogP contribution in [0.4, 0.5) is 4.39 Å². The summed E-state index contributed by atoms with van der Waals surface area (Å²) < 4.78 is 14.1. The zero-order chi connectivity index (χ0) is 22.0. The number of aryl methyl sites for hydroxylation is 1. The molecule has 1 aliphatic rings. The van der Waals surface area contributed by atoms with Gasteiger partial charge in [-0.15, -0.1) is 0 Å². The summed E-state index contributed by atoms with van der Waals surface area (Å²) in [5.41, 5.74) is 2.59. The zero-order valence-electron chi connectivity index (χ0n) is 19.1. The lowest BCUT2D eigenvalue weighted by Crippen LogP contribution is -2.41. The van der Waals surface area contributed by atoms with Gasteiger partial charge in [-0.05, 0) is 69.1 Å². The third-order valence-corrected chi connectivity index (χ3v) is 6.03. The van der Waals surface area contributed by atoms with E-state index in [0.717, 1.165) is 31.4 Å². The summed E-state index contributed by atoms with van der Waals surface area (Å²) in [7, 11) is 0. The fraction of sp³-hybridized carbons (Fsp3) is 0.519. The number of nitrogens with zero attached hydrogens (tertiary/aromatic N) is 2. The van der Waals surface area contributed by atoms with Gasteiger partial charge in [0.25, 0.3) is 0 Å². The van der Waals surface area contributed by atoms with Crippen molar-refractivity contribution in [1.82, 2.24) is 4.90 Å². The van der Waals surface area contributed by atoms with Gasteiger partial charge in [0.2, 0.25) is 0 Å². The molecule has 2 aromatic carbocycles. The first kappa shape index (κ1) is 24.1. The van der Waals surface area contributed by atoms with Gasteiger partial charge < -0.3 is 0 Å². The molecule has 1 atom stereocenters. The maximum Gasteiger partial charge on any atom is 0.136 e. The molecular weight excluding hydrogens is 371 g/mol. The molecule has 1 unspecified atom stereocenters. The van der Waals surface area contributed by atoms with Crippen molar-refractivity contribution >= 4 is 0 Å². The molecule has 0 radical (unpaired) electrons. The van der Waals surface area contributed by atoms with Crippen LogP contribution in [0.25, 0.3) is 0 Å². The van der Waals surface area contributed by atoms with Crippen molar-refractivity contribution in [2.24, 2.45) is 0 Å². The molecule has 30 heavy (non-hydrogen) atoms. The highest BCUT2D eigenvalue weighted by atomic mass is 19.1. The normalized spacial score (nSPS) is 15.3. The molecule has 162 valence electrons. The number of hydrogen-bond acceptors (Lipinski definition) is 2. The van der Waals surface area contributed by atoms with Gasteiger partial charge in [-0.25, -0.2) is 4.39 Å². The monoisotopic (exact) mass is 408 g/mol. The second-order valence-electron chi connectivity index (χ2n) is 8.55. The van der Waals surface area contributed by atoms with E-state index >= 15 is 0 Å². The molecule has 3 heteroatoms. The Hall–Kier alpha value is -2.18. The third-order valence-electron chi connectivity index (χ3n) is 6.03. The Labute approximate surface area is 182 Å². The average molecular weight is 409 g/mol. The maximum atomic E-state index is 14.1. The molecule has 2 aromatic rings. The van der Waals surface area contributed by atoms with Gasteiger partial charge in [0.15, 0.2) is 0 Å². The summed E-state index contributed by atoms with van der Waals surface area (Å²) in [6.45, 7) is 9.44. The molecule has 0 amide bonds. The van der Waals surface area contributed by atoms with Crippen molar-refractivity contribution in [2.45, 2.75) is 84.0 Å². The lowest BCUT2D eigenvalue weighted by molar-refractivity contribution is 0.143. The number of benzene rings is 2. The molecule has 0 aromatic heterocycles. The second kappa shape index (κ2) is 11.9. The summed E-state index contributed by atoms with van der Waals surface area (Å²) in [5.74, 6) is 0. The topological polar surface area (TPSA) is 27.0 Å². The van der Waals surface area contributed by atoms with Crippen LogP contribution in [0.1, 0.15) is 70.1 Å². The van der Waals surface area contributed by atoms with Crippen molar-refractivity contribution in [3.8, 4) is 6.07 Å². The lowest BCUT2D eigenvalue weighted by atomic mass is 9.98. The molecule has 0 bridgehead atoms. The van der Waals surface area contributed by atoms with Crippen LogP contribution in [0.3, 0.4) is 0 Å². The van der Waals surface area contributed by atoms with E-state index in [4.69, 9.17) is 5.26 Å². The van der Waals surface area contributed by atoms with Gasteiger partial charge in [-0.1, -0.05) is 61.5 Å². The number of hydrogen-bond donors (Lipinski definition) is 0. The Morgan fingerprint density at radius 3 is 2.07 bits per heavy atom. The van der Waals surface area contributed by atoms with E-state index in [1.165, 1.54) is 24.5 Å². The van der Waals surface area contributed by atoms with Gasteiger partial charge in [-0.2, -0.15) is 5.26 Å². The summed E-state index contributed by atoms with van der Waals surface area (Å²) in [6, 6.07) is 21.9. The average Bonchev–Trinajstić information content (AvgIpc) is 3.50. The van der Waals surface area contributed by atoms with E-state index in [1.807, 2.05) is 12.1 Å². The van der Waals surface area contributed by atoms with Crippen LogP contribution in [0.5, 0.6) is 0 Å². The van der Waals surface area contributed by atoms with Gasteiger partial charge in [0.1, 0.15) is 5.67 Å². The molecular formula is C27H37FN2. The van der Waals surface area contributed by atoms with E-state index < -0.39 is 5.67 Å². The highest BCUT2D eigenvalue weighted by molar-refractivity contribution is 5.31. The molecule has 0 heterocycles. The molecule has 0 N–H and O–H groups in total. The molecule has 2 nitrogen and oxygen atoms in total. The Morgan fingerprint density at radius 1 is 1.00 bits per heavy atom. The van der Waals surface area contributed by atoms with Gasteiger partial charge in [0, 0.05) is 25.6 Å². The molecule has 1 saturated carbocycles. The Kier molecular flexibility index (Phi) is 9.53. The SMILES string of the molecule is CC#N.CCC(CCc1ccc(C2(F)CC2)cc1)N(CCc1ccccc1)C(C)C. The van der Waals surface area contributed by atoms with E-state index in [9.17, 15) is 4.39 Å². The van der Waals surface area contributed by atoms with Crippen LogP contribution in [0.2, 0.25) is 0 Å². The first-order chi connectivity index (χ1) is 14.4. The summed E-state index contributed by atoms with van der Waals surface area (Å²) in [5, 5.41) is 7.32. The Balaban J connectivity index is 0.00000101. The highest BCUT2D eigenvalue weighted by Gasteiger charge is 2.44. The Morgan fingerprint density at radius 2 is 1.57 bits per heavy atom. The molecule has 0 aliphatic heterocycles. The van der Waals surface area contributed by atoms with E-state index in [1.54, 1.807) is 6.07 Å². The quantitative estimate of drug-likeness (QED) is 0.430. The minimum Gasteiger partial charge on any atom is -0.298 e. The first-order valence-electron chi connectivity index (χ1n) is 11.3. The molecule has 1 fully saturated rings. The van der Waals surface area contributed by atoms with Crippen LogP contribution in [0, 0.1) is 11.3 Å². The number of alkyl halides is 1. The first-order valence-corrected chi connectivity index (χ1v) is 11.3. The van der Waals surface area contributed by atoms with E-state index in [-0.39, 0.29) is 0 Å². The number of nitriles is 1. The summed E-state index contributed by atoms with van der Waals surface area (Å²) in [4.78, 5) is 2.65. The maximum absolute atomic E-state index is 14.1. The lowest BCUT2D eigenvalue weighted by Gasteiger charge is -2.35. The largest absolute Gasteiger partial charge is 0.298 e. The highest BCUT2D eigenvalue weighted by Crippen LogP contribution is 2.49. The summed E-state index contributed by atoms with van der Waals surface area (Å²) >= 11 is 0. The minimum absolute atomic E-state index is 0.544. The minimum atomic E-state index is -1.02. The zero-order valence-corrected chi connectivity index (χ0v) is 19.1. The molecule has 1 aliphatic carbocycles. The van der Waals surface area contributed by atoms with Gasteiger partial charge >= 0.3 is 0 Å². The van der Waals surface area contributed by atoms with Crippen molar-refractivity contribution < 1.29 is 4.39 Å². The standard InChI is InChI=1S/C25H34FN.C2H3N/c1-4-24(27(20(2)3)19-16-21-8-6-5-7-9-21)15-12-22-10-13-23(14-11-22)25(26)17-18-25;1-2-3/h5-11,13-14,20,24H,4,12,15-19H2,1-3H3;1H3. The van der Waals surface area contributed by atoms with Crippen molar-refractivity contribution in [2.75, 3.05) is 6.54 Å². The van der Waals surface area contributed by atoms with Crippen molar-refractivity contribution in [3.63, 3.8) is 0 Å². The van der Waals surface area contributed by atoms with Crippen molar-refractivity contribution in [3.05, 3.63) is 71.3 Å². The van der Waals surface area contributed by atoms with Crippen LogP contribution in [-0.2, 0) is 18.5 Å². The van der Waals surface area contributed by atoms with Gasteiger partial charge in [0.05, 0.1) is 6.07 Å². The smallest absolute Gasteiger partial charge is 0.136 e. The summed E-state index contributed by atoms with van der Waals surface area (Å²) in [6.07, 6.45) is 5.86. The Bertz CT molecular complexity index is 773. The number of rotatable bonds is 10. The second-order valence-corrected chi connectivity index (χ2v) is 8.55. The predicted molar refractivity (Wildman–Crippen MR) is 124 cm³/mol. The number of halogens is 1. The van der Waals surface area contributed by atoms with Crippen LogP contribution in [-0.4, -0.2) is 23.5 Å². The van der Waals surface area contributed by atoms with Crippen LogP contribution in [0.15, 0.2) is 54.6 Å². The fourth-order valence-corrected chi connectivity index (χ4v) is 4.07. The fourth-order valence-electron chi connectivity index (χ4n) is 4.07. The van der Waals surface area contributed by atoms with Crippen molar-refractivity contribution in [1.29, 1.82) is 5.26 Å². The van der Waals surface area contributed by atoms with E-state index in [0.29, 0.717) is 24.9 Å². The third kappa shape index (κ3) is 7.26. The molecule has 0 saturated heterocycles. The molecule has 3 rings (SSSR count). The van der Waals surface area contributed by atoms with E-state index in [2.05, 4.69) is 68.1 Å². The molecule has 0 spiro atoms.